The second-order valence-corrected chi connectivity index (χ2v) is 9.04. The summed E-state index contributed by atoms with van der Waals surface area (Å²) in [6.45, 7) is 4.85. The monoisotopic (exact) mass is 449 g/mol. The number of H-pyrrole nitrogens is 1. The van der Waals surface area contributed by atoms with Gasteiger partial charge >= 0.3 is 5.97 Å². The molecule has 1 fully saturated rings. The van der Waals surface area contributed by atoms with Crippen LogP contribution in [0, 0.1) is 6.92 Å². The SMILES string of the molecule is CCc1[nH]c(C(=O)NCc2ccccc2S(=O)(=O)N2CCOCC2)c(C)c1C(=O)OC. The zero-order valence-corrected chi connectivity index (χ0v) is 18.7. The summed E-state index contributed by atoms with van der Waals surface area (Å²) in [5.41, 5.74) is 2.20. The average molecular weight is 450 g/mol. The lowest BCUT2D eigenvalue weighted by molar-refractivity contribution is 0.0599. The van der Waals surface area contributed by atoms with Crippen LogP contribution < -0.4 is 5.32 Å². The van der Waals surface area contributed by atoms with Crippen LogP contribution in [0.1, 0.15) is 44.6 Å². The van der Waals surface area contributed by atoms with Gasteiger partial charge < -0.3 is 19.8 Å². The number of hydrogen-bond donors (Lipinski definition) is 2. The molecule has 0 aliphatic carbocycles. The Balaban J connectivity index is 1.82. The maximum Gasteiger partial charge on any atom is 0.339 e. The van der Waals surface area contributed by atoms with Gasteiger partial charge in [0.25, 0.3) is 5.91 Å². The lowest BCUT2D eigenvalue weighted by atomic mass is 10.1. The molecule has 0 saturated carbocycles. The molecular formula is C21H27N3O6S. The predicted molar refractivity (Wildman–Crippen MR) is 113 cm³/mol. The van der Waals surface area contributed by atoms with Gasteiger partial charge in [0.05, 0.1) is 30.8 Å². The predicted octanol–water partition coefficient (Wildman–Crippen LogP) is 1.62. The first-order chi connectivity index (χ1) is 14.8. The third-order valence-electron chi connectivity index (χ3n) is 5.30. The van der Waals surface area contributed by atoms with Crippen molar-refractivity contribution in [1.29, 1.82) is 0 Å². The molecule has 2 aromatic rings. The third-order valence-corrected chi connectivity index (χ3v) is 7.30. The Labute approximate surface area is 181 Å². The highest BCUT2D eigenvalue weighted by Gasteiger charge is 2.29. The van der Waals surface area contributed by atoms with E-state index in [1.807, 2.05) is 6.92 Å². The van der Waals surface area contributed by atoms with Gasteiger partial charge in [-0.3, -0.25) is 4.79 Å². The fraction of sp³-hybridized carbons (Fsp3) is 0.429. The average Bonchev–Trinajstić information content (AvgIpc) is 3.14. The lowest BCUT2D eigenvalue weighted by Gasteiger charge is -2.27. The van der Waals surface area contributed by atoms with E-state index in [-0.39, 0.29) is 17.1 Å². The van der Waals surface area contributed by atoms with E-state index in [2.05, 4.69) is 10.3 Å². The minimum absolute atomic E-state index is 0.0199. The molecule has 0 radical (unpaired) electrons. The van der Waals surface area contributed by atoms with E-state index in [4.69, 9.17) is 9.47 Å². The van der Waals surface area contributed by atoms with Crippen molar-refractivity contribution in [2.24, 2.45) is 0 Å². The topological polar surface area (TPSA) is 118 Å². The molecule has 2 heterocycles. The van der Waals surface area contributed by atoms with E-state index in [1.54, 1.807) is 25.1 Å². The Morgan fingerprint density at radius 2 is 1.90 bits per heavy atom. The second kappa shape index (κ2) is 9.63. The largest absolute Gasteiger partial charge is 0.465 e. The number of amides is 1. The van der Waals surface area contributed by atoms with E-state index >= 15 is 0 Å². The number of sulfonamides is 1. The molecule has 0 atom stereocenters. The van der Waals surface area contributed by atoms with Crippen LogP contribution in [-0.2, 0) is 32.5 Å². The number of hydrogen-bond acceptors (Lipinski definition) is 6. The zero-order chi connectivity index (χ0) is 22.6. The van der Waals surface area contributed by atoms with Crippen molar-refractivity contribution < 1.29 is 27.5 Å². The van der Waals surface area contributed by atoms with Crippen LogP contribution in [0.15, 0.2) is 29.2 Å². The van der Waals surface area contributed by atoms with Crippen molar-refractivity contribution in [2.75, 3.05) is 33.4 Å². The highest BCUT2D eigenvalue weighted by Crippen LogP contribution is 2.23. The quantitative estimate of drug-likeness (QED) is 0.621. The number of carbonyl (C=O) groups excluding carboxylic acids is 2. The van der Waals surface area contributed by atoms with E-state index in [0.29, 0.717) is 55.1 Å². The molecule has 9 nitrogen and oxygen atoms in total. The fourth-order valence-electron chi connectivity index (χ4n) is 3.62. The summed E-state index contributed by atoms with van der Waals surface area (Å²) >= 11 is 0. The van der Waals surface area contributed by atoms with E-state index in [1.165, 1.54) is 17.5 Å². The number of carbonyl (C=O) groups is 2. The summed E-state index contributed by atoms with van der Waals surface area (Å²) < 4.78 is 37.6. The lowest BCUT2D eigenvalue weighted by Crippen LogP contribution is -2.41. The summed E-state index contributed by atoms with van der Waals surface area (Å²) in [6, 6.07) is 6.59. The van der Waals surface area contributed by atoms with Gasteiger partial charge in [-0.15, -0.1) is 0 Å². The molecule has 1 amide bonds. The van der Waals surface area contributed by atoms with Crippen LogP contribution in [0.2, 0.25) is 0 Å². The summed E-state index contributed by atoms with van der Waals surface area (Å²) in [5.74, 6) is -0.937. The maximum absolute atomic E-state index is 13.1. The molecule has 1 aliphatic heterocycles. The number of ether oxygens (including phenoxy) is 2. The molecule has 2 N–H and O–H groups in total. The minimum Gasteiger partial charge on any atom is -0.465 e. The van der Waals surface area contributed by atoms with Crippen molar-refractivity contribution >= 4 is 21.9 Å². The molecule has 0 unspecified atom stereocenters. The molecule has 0 bridgehead atoms. The van der Waals surface area contributed by atoms with Crippen molar-refractivity contribution in [3.8, 4) is 0 Å². The molecule has 31 heavy (non-hydrogen) atoms. The highest BCUT2D eigenvalue weighted by atomic mass is 32.2. The van der Waals surface area contributed by atoms with Crippen molar-refractivity contribution in [2.45, 2.75) is 31.7 Å². The molecule has 3 rings (SSSR count). The Kier molecular flexibility index (Phi) is 7.14. The van der Waals surface area contributed by atoms with E-state index in [9.17, 15) is 18.0 Å². The number of benzene rings is 1. The molecule has 168 valence electrons. The molecule has 0 spiro atoms. The second-order valence-electron chi connectivity index (χ2n) is 7.13. The fourth-order valence-corrected chi connectivity index (χ4v) is 5.25. The maximum atomic E-state index is 13.1. The van der Waals surface area contributed by atoms with Crippen LogP contribution in [0.4, 0.5) is 0 Å². The number of nitrogens with zero attached hydrogens (tertiary/aromatic N) is 1. The summed E-state index contributed by atoms with van der Waals surface area (Å²) in [6.07, 6.45) is 0.527. The van der Waals surface area contributed by atoms with Gasteiger partial charge in [0.15, 0.2) is 0 Å². The zero-order valence-electron chi connectivity index (χ0n) is 17.9. The van der Waals surface area contributed by atoms with Crippen LogP contribution >= 0.6 is 0 Å². The number of methoxy groups -OCH3 is 1. The molecule has 10 heteroatoms. The molecule has 1 aliphatic rings. The number of nitrogens with one attached hydrogen (secondary N) is 2. The number of esters is 1. The molecule has 1 aromatic carbocycles. The van der Waals surface area contributed by atoms with Crippen LogP contribution in [-0.4, -0.2) is 63.0 Å². The van der Waals surface area contributed by atoms with E-state index < -0.39 is 21.9 Å². The Morgan fingerprint density at radius 3 is 2.55 bits per heavy atom. The Morgan fingerprint density at radius 1 is 1.23 bits per heavy atom. The van der Waals surface area contributed by atoms with Gasteiger partial charge in [-0.1, -0.05) is 25.1 Å². The van der Waals surface area contributed by atoms with Crippen LogP contribution in [0.25, 0.3) is 0 Å². The summed E-state index contributed by atoms with van der Waals surface area (Å²) in [4.78, 5) is 28.1. The number of aromatic nitrogens is 1. The van der Waals surface area contributed by atoms with Gasteiger partial charge in [0.2, 0.25) is 10.0 Å². The van der Waals surface area contributed by atoms with Gasteiger partial charge in [0.1, 0.15) is 5.69 Å². The number of aryl methyl sites for hydroxylation is 1. The van der Waals surface area contributed by atoms with Crippen molar-refractivity contribution in [1.82, 2.24) is 14.6 Å². The van der Waals surface area contributed by atoms with Crippen molar-refractivity contribution in [3.63, 3.8) is 0 Å². The van der Waals surface area contributed by atoms with E-state index in [0.717, 1.165) is 0 Å². The molecular weight excluding hydrogens is 422 g/mol. The number of morpholine rings is 1. The Bertz CT molecular complexity index is 1070. The smallest absolute Gasteiger partial charge is 0.339 e. The van der Waals surface area contributed by atoms with Gasteiger partial charge in [0, 0.05) is 25.3 Å². The number of aromatic amines is 1. The molecule has 1 saturated heterocycles. The third kappa shape index (κ3) is 4.65. The number of rotatable bonds is 7. The van der Waals surface area contributed by atoms with Gasteiger partial charge in [-0.2, -0.15) is 4.31 Å². The molecule has 1 aromatic heterocycles. The standard InChI is InChI=1S/C21H27N3O6S/c1-4-16-18(21(26)29-3)14(2)19(23-16)20(25)22-13-15-7-5-6-8-17(15)31(27,28)24-9-11-30-12-10-24/h5-8,23H,4,9-13H2,1-3H3,(H,22,25). The highest BCUT2D eigenvalue weighted by molar-refractivity contribution is 7.89. The van der Waals surface area contributed by atoms with Crippen LogP contribution in [0.3, 0.4) is 0 Å². The minimum atomic E-state index is -3.70. The summed E-state index contributed by atoms with van der Waals surface area (Å²) in [5, 5.41) is 2.76. The Hall–Kier alpha value is -2.69. The normalized spacial score (nSPS) is 14.9. The van der Waals surface area contributed by atoms with Gasteiger partial charge in [-0.25, -0.2) is 13.2 Å². The first-order valence-electron chi connectivity index (χ1n) is 10.0. The first-order valence-corrected chi connectivity index (χ1v) is 11.5. The van der Waals surface area contributed by atoms with Crippen molar-refractivity contribution in [3.05, 3.63) is 52.3 Å². The summed E-state index contributed by atoms with van der Waals surface area (Å²) in [7, 11) is -2.41. The first kappa shape index (κ1) is 23.0. The van der Waals surface area contributed by atoms with Crippen LogP contribution in [0.5, 0.6) is 0 Å². The van der Waals surface area contributed by atoms with Gasteiger partial charge in [-0.05, 0) is 30.5 Å².